The Bertz CT molecular complexity index is 1510. The Morgan fingerprint density at radius 2 is 0.976 bits per heavy atom. The predicted octanol–water partition coefficient (Wildman–Crippen LogP) is 5.82. The number of nitrogens with zero attached hydrogens (tertiary/aromatic N) is 4. The molecule has 0 aromatic heterocycles. The van der Waals surface area contributed by atoms with Crippen LogP contribution in [0.15, 0.2) is 83.6 Å². The monoisotopic (exact) mass is 560 g/mol. The van der Waals surface area contributed by atoms with Crippen LogP contribution in [0.4, 0.5) is 11.4 Å². The first-order chi connectivity index (χ1) is 20.4. The van der Waals surface area contributed by atoms with Crippen molar-refractivity contribution in [3.63, 3.8) is 0 Å². The van der Waals surface area contributed by atoms with Crippen molar-refractivity contribution in [3.8, 4) is 23.6 Å². The van der Waals surface area contributed by atoms with E-state index in [0.717, 1.165) is 59.8 Å². The molecular weight excluding hydrogens is 524 g/mol. The van der Waals surface area contributed by atoms with E-state index in [2.05, 4.69) is 61.8 Å². The molecule has 0 saturated heterocycles. The van der Waals surface area contributed by atoms with E-state index in [1.165, 1.54) is 0 Å². The molecule has 0 saturated carbocycles. The summed E-state index contributed by atoms with van der Waals surface area (Å²) >= 11 is 0. The first kappa shape index (κ1) is 28.4. The lowest BCUT2D eigenvalue weighted by atomic mass is 9.80. The van der Waals surface area contributed by atoms with Crippen LogP contribution in [-0.2, 0) is 0 Å². The average molecular weight is 561 g/mol. The highest BCUT2D eigenvalue weighted by Gasteiger charge is 2.33. The minimum atomic E-state index is -0.381. The molecule has 5 rings (SSSR count). The predicted molar refractivity (Wildman–Crippen MR) is 165 cm³/mol. The summed E-state index contributed by atoms with van der Waals surface area (Å²) in [5, 5.41) is 20.1. The lowest BCUT2D eigenvalue weighted by Crippen LogP contribution is -2.24. The smallest absolute Gasteiger partial charge is 0.205 e. The fourth-order valence-electron chi connectivity index (χ4n) is 6.03. The standard InChI is InChI=1S/C34H36N6O2/c1-5-39(6-2)23-13-15-25-29(17-23)41-33(37)27(19-35)31(25)21-9-11-22(12-10-21)32-26-16-14-24(40(7-3)8-4)18-30(26)42-34(38)28(32)20-36/h9-18,31-32H,5-8,37-38H2,1-4H3/t31-,32-/m0/s1. The van der Waals surface area contributed by atoms with E-state index in [1.807, 2.05) is 48.5 Å². The van der Waals surface area contributed by atoms with Crippen molar-refractivity contribution in [1.29, 1.82) is 10.5 Å². The van der Waals surface area contributed by atoms with Crippen LogP contribution in [0.3, 0.4) is 0 Å². The van der Waals surface area contributed by atoms with Crippen LogP contribution in [0.25, 0.3) is 0 Å². The summed E-state index contributed by atoms with van der Waals surface area (Å²) in [6.45, 7) is 11.9. The molecule has 4 N–H and O–H groups in total. The second-order valence-electron chi connectivity index (χ2n) is 10.3. The topological polar surface area (TPSA) is 125 Å². The Balaban J connectivity index is 1.55. The van der Waals surface area contributed by atoms with Crippen LogP contribution in [0.2, 0.25) is 0 Å². The molecule has 42 heavy (non-hydrogen) atoms. The zero-order valence-electron chi connectivity index (χ0n) is 24.5. The van der Waals surface area contributed by atoms with Crippen molar-refractivity contribution < 1.29 is 9.47 Å². The molecule has 8 heteroatoms. The number of hydrogen-bond donors (Lipinski definition) is 2. The quantitative estimate of drug-likeness (QED) is 0.353. The second kappa shape index (κ2) is 11.8. The van der Waals surface area contributed by atoms with Crippen molar-refractivity contribution >= 4 is 11.4 Å². The highest BCUT2D eigenvalue weighted by molar-refractivity contribution is 5.64. The van der Waals surface area contributed by atoms with E-state index in [0.29, 0.717) is 22.6 Å². The third-order valence-corrected chi connectivity index (χ3v) is 8.27. The summed E-state index contributed by atoms with van der Waals surface area (Å²) in [5.74, 6) is 0.757. The molecule has 0 unspecified atom stereocenters. The van der Waals surface area contributed by atoms with Gasteiger partial charge in [0.1, 0.15) is 34.8 Å². The Kier molecular flexibility index (Phi) is 7.99. The van der Waals surface area contributed by atoms with E-state index in [-0.39, 0.29) is 23.6 Å². The van der Waals surface area contributed by atoms with E-state index in [1.54, 1.807) is 0 Å². The summed E-state index contributed by atoms with van der Waals surface area (Å²) in [5.41, 5.74) is 18.9. The van der Waals surface area contributed by atoms with Gasteiger partial charge < -0.3 is 30.7 Å². The van der Waals surface area contributed by atoms with E-state index in [9.17, 15) is 10.5 Å². The van der Waals surface area contributed by atoms with Gasteiger partial charge in [-0.1, -0.05) is 36.4 Å². The van der Waals surface area contributed by atoms with Crippen LogP contribution in [0, 0.1) is 22.7 Å². The molecule has 0 fully saturated rings. The highest BCUT2D eigenvalue weighted by atomic mass is 16.5. The third kappa shape index (κ3) is 4.86. The van der Waals surface area contributed by atoms with Gasteiger partial charge in [0.15, 0.2) is 0 Å². The maximum absolute atomic E-state index is 10.0. The molecule has 3 aromatic carbocycles. The number of hydrogen-bond acceptors (Lipinski definition) is 8. The average Bonchev–Trinajstić information content (AvgIpc) is 3.01. The molecule has 8 nitrogen and oxygen atoms in total. The number of anilines is 2. The van der Waals surface area contributed by atoms with Crippen molar-refractivity contribution in [2.75, 3.05) is 36.0 Å². The summed E-state index contributed by atoms with van der Waals surface area (Å²) in [6, 6.07) is 24.6. The molecule has 3 aromatic rings. The second-order valence-corrected chi connectivity index (χ2v) is 10.3. The molecule has 2 aliphatic heterocycles. The normalized spacial score (nSPS) is 17.3. The van der Waals surface area contributed by atoms with Crippen molar-refractivity contribution in [2.45, 2.75) is 39.5 Å². The number of benzene rings is 3. The summed E-state index contributed by atoms with van der Waals surface area (Å²) in [6.07, 6.45) is 0. The number of ether oxygens (including phenoxy) is 2. The zero-order chi connectivity index (χ0) is 30.0. The van der Waals surface area contributed by atoms with Gasteiger partial charge in [-0.25, -0.2) is 0 Å². The van der Waals surface area contributed by atoms with Gasteiger partial charge in [-0.15, -0.1) is 0 Å². The first-order valence-corrected chi connectivity index (χ1v) is 14.4. The van der Waals surface area contributed by atoms with Gasteiger partial charge in [0.25, 0.3) is 0 Å². The minimum absolute atomic E-state index is 0.112. The Labute approximate surface area is 247 Å². The molecule has 0 radical (unpaired) electrons. The lowest BCUT2D eigenvalue weighted by Gasteiger charge is -2.30. The number of nitriles is 2. The number of allylic oxidation sites excluding steroid dienone is 2. The molecule has 0 amide bonds. The fraction of sp³-hybridized carbons (Fsp3) is 0.294. The molecule has 214 valence electrons. The maximum atomic E-state index is 10.0. The zero-order valence-corrected chi connectivity index (χ0v) is 24.5. The van der Waals surface area contributed by atoms with Gasteiger partial charge in [0.05, 0.1) is 11.8 Å². The highest BCUT2D eigenvalue weighted by Crippen LogP contribution is 2.46. The van der Waals surface area contributed by atoms with Gasteiger partial charge in [0.2, 0.25) is 11.8 Å². The van der Waals surface area contributed by atoms with Crippen molar-refractivity contribution in [2.24, 2.45) is 11.5 Å². The molecule has 0 bridgehead atoms. The van der Waals surface area contributed by atoms with Gasteiger partial charge in [0, 0.05) is 60.8 Å². The lowest BCUT2D eigenvalue weighted by molar-refractivity contribution is 0.393. The molecule has 2 aliphatic rings. The fourth-order valence-corrected chi connectivity index (χ4v) is 6.03. The molecular formula is C34H36N6O2. The SMILES string of the molecule is CCN(CC)c1ccc2c(c1)OC(N)=C(C#N)[C@H]2c1ccc([C@@H]2C(C#N)=C(N)Oc3cc(N(CC)CC)ccc32)cc1. The number of fused-ring (bicyclic) bond motifs is 2. The van der Waals surface area contributed by atoms with Gasteiger partial charge >= 0.3 is 0 Å². The van der Waals surface area contributed by atoms with Crippen LogP contribution < -0.4 is 30.7 Å². The molecule has 2 atom stereocenters. The van der Waals surface area contributed by atoms with Crippen LogP contribution in [0.5, 0.6) is 11.5 Å². The van der Waals surface area contributed by atoms with E-state index >= 15 is 0 Å². The van der Waals surface area contributed by atoms with Crippen LogP contribution in [-0.4, -0.2) is 26.2 Å². The van der Waals surface area contributed by atoms with E-state index in [4.69, 9.17) is 20.9 Å². The largest absolute Gasteiger partial charge is 0.440 e. The first-order valence-electron chi connectivity index (χ1n) is 14.4. The summed E-state index contributed by atoms with van der Waals surface area (Å²) < 4.78 is 11.9. The summed E-state index contributed by atoms with van der Waals surface area (Å²) in [4.78, 5) is 4.46. The Hall–Kier alpha value is -5.08. The van der Waals surface area contributed by atoms with Crippen molar-refractivity contribution in [1.82, 2.24) is 0 Å². The molecule has 0 aliphatic carbocycles. The van der Waals surface area contributed by atoms with Gasteiger partial charge in [-0.3, -0.25) is 0 Å². The molecule has 0 spiro atoms. The van der Waals surface area contributed by atoms with Gasteiger partial charge in [-0.05, 0) is 51.0 Å². The van der Waals surface area contributed by atoms with Crippen molar-refractivity contribution in [3.05, 3.63) is 106 Å². The van der Waals surface area contributed by atoms with E-state index < -0.39 is 0 Å². The van der Waals surface area contributed by atoms with Crippen LogP contribution >= 0.6 is 0 Å². The number of nitrogens with two attached hydrogens (primary N) is 2. The summed E-state index contributed by atoms with van der Waals surface area (Å²) in [7, 11) is 0. The Morgan fingerprint density at radius 1 is 0.619 bits per heavy atom. The third-order valence-electron chi connectivity index (χ3n) is 8.27. The minimum Gasteiger partial charge on any atom is -0.440 e. The number of rotatable bonds is 8. The molecule has 2 heterocycles. The van der Waals surface area contributed by atoms with Crippen LogP contribution in [0.1, 0.15) is 61.8 Å². The maximum Gasteiger partial charge on any atom is 0.205 e. The van der Waals surface area contributed by atoms with Gasteiger partial charge in [-0.2, -0.15) is 10.5 Å². The Morgan fingerprint density at radius 3 is 1.29 bits per heavy atom.